The summed E-state index contributed by atoms with van der Waals surface area (Å²) in [7, 11) is 1.57. The fourth-order valence-corrected chi connectivity index (χ4v) is 2.07. The van der Waals surface area contributed by atoms with E-state index in [-0.39, 0.29) is 12.5 Å². The summed E-state index contributed by atoms with van der Waals surface area (Å²) in [6.07, 6.45) is 1.25. The summed E-state index contributed by atoms with van der Waals surface area (Å²) >= 11 is 0. The van der Waals surface area contributed by atoms with Gasteiger partial charge in [0, 0.05) is 17.3 Å². The van der Waals surface area contributed by atoms with Crippen LogP contribution < -0.4 is 14.8 Å². The highest BCUT2D eigenvalue weighted by molar-refractivity contribution is 5.92. The van der Waals surface area contributed by atoms with Crippen molar-refractivity contribution in [1.29, 1.82) is 0 Å². The first-order chi connectivity index (χ1) is 11.7. The predicted molar refractivity (Wildman–Crippen MR) is 86.9 cm³/mol. The first-order valence-electron chi connectivity index (χ1n) is 7.18. The maximum absolute atomic E-state index is 12.0. The number of amides is 1. The average Bonchev–Trinajstić information content (AvgIpc) is 3.15. The molecule has 0 saturated carbocycles. The van der Waals surface area contributed by atoms with Crippen molar-refractivity contribution in [2.24, 2.45) is 0 Å². The van der Waals surface area contributed by atoms with Gasteiger partial charge in [0.15, 0.2) is 6.61 Å². The van der Waals surface area contributed by atoms with Crippen LogP contribution in [0.4, 0.5) is 5.69 Å². The van der Waals surface area contributed by atoms with Crippen LogP contribution in [-0.4, -0.2) is 29.8 Å². The predicted octanol–water partition coefficient (Wildman–Crippen LogP) is 2.76. The quantitative estimate of drug-likeness (QED) is 0.750. The van der Waals surface area contributed by atoms with Gasteiger partial charge in [0.1, 0.15) is 11.5 Å². The van der Waals surface area contributed by atoms with Crippen molar-refractivity contribution >= 4 is 11.6 Å². The molecule has 0 aliphatic heterocycles. The smallest absolute Gasteiger partial charge is 0.262 e. The molecule has 0 unspecified atom stereocenters. The Morgan fingerprint density at radius 1 is 1.17 bits per heavy atom. The Hall–Kier alpha value is -3.35. The van der Waals surface area contributed by atoms with Gasteiger partial charge in [-0.25, -0.2) is 0 Å². The number of hydrogen-bond donors (Lipinski definition) is 1. The van der Waals surface area contributed by atoms with Gasteiger partial charge in [0.25, 0.3) is 5.91 Å². The van der Waals surface area contributed by atoms with Crippen LogP contribution in [0, 0.1) is 0 Å². The first-order valence-corrected chi connectivity index (χ1v) is 7.18. The summed E-state index contributed by atoms with van der Waals surface area (Å²) < 4.78 is 15.7. The summed E-state index contributed by atoms with van der Waals surface area (Å²) in [5.74, 6) is 1.34. The van der Waals surface area contributed by atoms with E-state index in [0.717, 1.165) is 5.56 Å². The molecule has 1 aromatic heterocycles. The van der Waals surface area contributed by atoms with Gasteiger partial charge in [0.2, 0.25) is 12.3 Å². The SMILES string of the molecule is COc1cccc(OCC(=O)Nc2cccc(-c3nnco3)c2)c1. The zero-order valence-electron chi connectivity index (χ0n) is 12.9. The van der Waals surface area contributed by atoms with Crippen molar-refractivity contribution in [1.82, 2.24) is 10.2 Å². The van der Waals surface area contributed by atoms with E-state index in [1.165, 1.54) is 6.39 Å². The molecule has 2 aromatic carbocycles. The van der Waals surface area contributed by atoms with Gasteiger partial charge >= 0.3 is 0 Å². The molecule has 0 radical (unpaired) electrons. The Labute approximate surface area is 138 Å². The molecule has 0 fully saturated rings. The van der Waals surface area contributed by atoms with E-state index in [0.29, 0.717) is 23.1 Å². The van der Waals surface area contributed by atoms with E-state index in [2.05, 4.69) is 15.5 Å². The lowest BCUT2D eigenvalue weighted by Crippen LogP contribution is -2.20. The van der Waals surface area contributed by atoms with Crippen LogP contribution in [0.1, 0.15) is 0 Å². The van der Waals surface area contributed by atoms with E-state index in [9.17, 15) is 4.79 Å². The zero-order valence-corrected chi connectivity index (χ0v) is 12.9. The Balaban J connectivity index is 1.59. The van der Waals surface area contributed by atoms with Crippen LogP contribution in [0.5, 0.6) is 11.5 Å². The monoisotopic (exact) mass is 325 g/mol. The molecule has 7 nitrogen and oxygen atoms in total. The van der Waals surface area contributed by atoms with Crippen molar-refractivity contribution in [3.05, 3.63) is 54.9 Å². The highest BCUT2D eigenvalue weighted by atomic mass is 16.5. The third kappa shape index (κ3) is 3.89. The maximum atomic E-state index is 12.0. The lowest BCUT2D eigenvalue weighted by molar-refractivity contribution is -0.118. The van der Waals surface area contributed by atoms with Gasteiger partial charge in [-0.3, -0.25) is 4.79 Å². The zero-order chi connectivity index (χ0) is 16.8. The largest absolute Gasteiger partial charge is 0.497 e. The van der Waals surface area contributed by atoms with Crippen LogP contribution in [0.25, 0.3) is 11.5 Å². The Kier molecular flexibility index (Phi) is 4.71. The first kappa shape index (κ1) is 15.5. The third-order valence-electron chi connectivity index (χ3n) is 3.16. The molecular weight excluding hydrogens is 310 g/mol. The number of anilines is 1. The Morgan fingerprint density at radius 2 is 2.00 bits per heavy atom. The minimum absolute atomic E-state index is 0.113. The Bertz CT molecular complexity index is 818. The molecular formula is C17H15N3O4. The summed E-state index contributed by atoms with van der Waals surface area (Å²) in [4.78, 5) is 12.0. The van der Waals surface area contributed by atoms with Crippen LogP contribution in [-0.2, 0) is 4.79 Å². The number of benzene rings is 2. The van der Waals surface area contributed by atoms with E-state index < -0.39 is 0 Å². The molecule has 1 amide bonds. The fraction of sp³-hybridized carbons (Fsp3) is 0.118. The van der Waals surface area contributed by atoms with Crippen LogP contribution in [0.3, 0.4) is 0 Å². The minimum Gasteiger partial charge on any atom is -0.497 e. The summed E-state index contributed by atoms with van der Waals surface area (Å²) in [5, 5.41) is 10.2. The van der Waals surface area contributed by atoms with Gasteiger partial charge in [0.05, 0.1) is 7.11 Å². The van der Waals surface area contributed by atoms with Crippen LogP contribution in [0.15, 0.2) is 59.3 Å². The number of aromatic nitrogens is 2. The van der Waals surface area contributed by atoms with Gasteiger partial charge in [-0.2, -0.15) is 0 Å². The topological polar surface area (TPSA) is 86.5 Å². The van der Waals surface area contributed by atoms with Crippen molar-refractivity contribution in [2.75, 3.05) is 19.0 Å². The van der Waals surface area contributed by atoms with Crippen molar-refractivity contribution in [3.8, 4) is 23.0 Å². The minimum atomic E-state index is -0.277. The molecule has 122 valence electrons. The number of methoxy groups -OCH3 is 1. The summed E-state index contributed by atoms with van der Waals surface area (Å²) in [6.45, 7) is -0.113. The average molecular weight is 325 g/mol. The lowest BCUT2D eigenvalue weighted by Gasteiger charge is -2.09. The number of nitrogens with one attached hydrogen (secondary N) is 1. The molecule has 1 heterocycles. The second-order valence-corrected chi connectivity index (χ2v) is 4.84. The molecule has 0 spiro atoms. The molecule has 7 heteroatoms. The molecule has 0 atom stereocenters. The van der Waals surface area contributed by atoms with Gasteiger partial charge in [-0.1, -0.05) is 12.1 Å². The molecule has 3 rings (SSSR count). The normalized spacial score (nSPS) is 10.2. The van der Waals surface area contributed by atoms with Gasteiger partial charge < -0.3 is 19.2 Å². The van der Waals surface area contributed by atoms with Crippen molar-refractivity contribution in [3.63, 3.8) is 0 Å². The summed E-state index contributed by atoms with van der Waals surface area (Å²) in [5.41, 5.74) is 1.34. The highest BCUT2D eigenvalue weighted by Crippen LogP contribution is 2.21. The molecule has 0 aliphatic carbocycles. The molecule has 1 N–H and O–H groups in total. The number of carbonyl (C=O) groups excluding carboxylic acids is 1. The van der Waals surface area contributed by atoms with Gasteiger partial charge in [-0.15, -0.1) is 10.2 Å². The number of carbonyl (C=O) groups is 1. The summed E-state index contributed by atoms with van der Waals surface area (Å²) in [6, 6.07) is 14.2. The Morgan fingerprint density at radius 3 is 2.79 bits per heavy atom. The number of rotatable bonds is 6. The van der Waals surface area contributed by atoms with Crippen LogP contribution in [0.2, 0.25) is 0 Å². The fourth-order valence-electron chi connectivity index (χ4n) is 2.07. The molecule has 0 aliphatic rings. The molecule has 0 saturated heterocycles. The molecule has 0 bridgehead atoms. The van der Waals surface area contributed by atoms with E-state index in [4.69, 9.17) is 13.9 Å². The van der Waals surface area contributed by atoms with E-state index in [1.54, 1.807) is 49.6 Å². The van der Waals surface area contributed by atoms with Gasteiger partial charge in [-0.05, 0) is 30.3 Å². The van der Waals surface area contributed by atoms with E-state index in [1.807, 2.05) is 6.07 Å². The number of hydrogen-bond acceptors (Lipinski definition) is 6. The third-order valence-corrected chi connectivity index (χ3v) is 3.16. The van der Waals surface area contributed by atoms with E-state index >= 15 is 0 Å². The van der Waals surface area contributed by atoms with Crippen LogP contribution >= 0.6 is 0 Å². The second kappa shape index (κ2) is 7.28. The van der Waals surface area contributed by atoms with Crippen molar-refractivity contribution < 1.29 is 18.7 Å². The second-order valence-electron chi connectivity index (χ2n) is 4.84. The number of ether oxygens (including phenoxy) is 2. The number of nitrogens with zero attached hydrogens (tertiary/aromatic N) is 2. The molecule has 3 aromatic rings. The lowest BCUT2D eigenvalue weighted by atomic mass is 10.2. The molecule has 24 heavy (non-hydrogen) atoms. The maximum Gasteiger partial charge on any atom is 0.262 e. The highest BCUT2D eigenvalue weighted by Gasteiger charge is 2.08. The van der Waals surface area contributed by atoms with Crippen molar-refractivity contribution in [2.45, 2.75) is 0 Å². The standard InChI is InChI=1S/C17H15N3O4/c1-22-14-6-3-7-15(9-14)23-10-16(21)19-13-5-2-4-12(8-13)17-20-18-11-24-17/h2-9,11H,10H2,1H3,(H,19,21).